The van der Waals surface area contributed by atoms with Gasteiger partial charge in [0.25, 0.3) is 5.91 Å². The number of hydrogen-bond acceptors (Lipinski definition) is 4. The van der Waals surface area contributed by atoms with Crippen LogP contribution in [-0.4, -0.2) is 43.0 Å². The number of aromatic nitrogens is 4. The lowest BCUT2D eigenvalue weighted by molar-refractivity contribution is -0.139. The molecular weight excluding hydrogens is 298 g/mol. The average molecular weight is 319 g/mol. The number of H-pyrrole nitrogens is 1. The maximum absolute atomic E-state index is 12.2. The molecule has 2 aromatic heterocycles. The van der Waals surface area contributed by atoms with Gasteiger partial charge in [-0.1, -0.05) is 13.3 Å². The summed E-state index contributed by atoms with van der Waals surface area (Å²) in [5.41, 5.74) is 3.46. The third-order valence-corrected chi connectivity index (χ3v) is 3.77. The van der Waals surface area contributed by atoms with Crippen LogP contribution in [0.3, 0.4) is 0 Å². The molecule has 0 fully saturated rings. The molecule has 1 unspecified atom stereocenters. The van der Waals surface area contributed by atoms with Crippen LogP contribution in [-0.2, 0) is 11.8 Å². The van der Waals surface area contributed by atoms with Crippen molar-refractivity contribution in [2.75, 3.05) is 0 Å². The number of carboxylic acid groups (broad SMARTS) is 1. The third-order valence-electron chi connectivity index (χ3n) is 3.77. The highest BCUT2D eigenvalue weighted by Gasteiger charge is 2.22. The Kier molecular flexibility index (Phi) is 4.83. The van der Waals surface area contributed by atoms with Crippen LogP contribution in [0.5, 0.6) is 0 Å². The normalized spacial score (nSPS) is 12.2. The fraction of sp³-hybridized carbons (Fsp3) is 0.467. The Morgan fingerprint density at radius 2 is 2.13 bits per heavy atom. The topological polar surface area (TPSA) is 113 Å². The standard InChI is InChI=1S/C15H21N5O3/c1-5-6-10(15(22)23)16-14(21)12-7-11(17-18-12)13-8(2)19-20(4)9(13)3/h7,10H,5-6H2,1-4H3,(H,16,21)(H,17,18)(H,22,23). The number of aryl methyl sites for hydroxylation is 2. The van der Waals surface area contributed by atoms with Crippen molar-refractivity contribution in [1.82, 2.24) is 25.3 Å². The molecule has 2 heterocycles. The summed E-state index contributed by atoms with van der Waals surface area (Å²) in [5, 5.41) is 22.7. The van der Waals surface area contributed by atoms with Gasteiger partial charge in [-0.05, 0) is 26.3 Å². The number of rotatable bonds is 6. The van der Waals surface area contributed by atoms with Crippen LogP contribution in [0.2, 0.25) is 0 Å². The van der Waals surface area contributed by atoms with E-state index in [0.29, 0.717) is 18.5 Å². The molecule has 0 saturated heterocycles. The maximum atomic E-state index is 12.2. The molecule has 0 spiro atoms. The van der Waals surface area contributed by atoms with E-state index in [2.05, 4.69) is 20.6 Å². The number of aliphatic carboxylic acids is 1. The van der Waals surface area contributed by atoms with Gasteiger partial charge in [-0.25, -0.2) is 4.79 Å². The van der Waals surface area contributed by atoms with Crippen molar-refractivity contribution in [3.05, 3.63) is 23.1 Å². The number of aromatic amines is 1. The molecule has 2 aromatic rings. The first-order valence-corrected chi connectivity index (χ1v) is 7.44. The van der Waals surface area contributed by atoms with Gasteiger partial charge >= 0.3 is 5.97 Å². The van der Waals surface area contributed by atoms with Crippen molar-refractivity contribution in [2.45, 2.75) is 39.7 Å². The SMILES string of the molecule is CCCC(NC(=O)c1cc(-c2c(C)nn(C)c2C)n[nH]1)C(=O)O. The summed E-state index contributed by atoms with van der Waals surface area (Å²) >= 11 is 0. The molecule has 124 valence electrons. The monoisotopic (exact) mass is 319 g/mol. The van der Waals surface area contributed by atoms with Crippen LogP contribution in [0.4, 0.5) is 0 Å². The molecular formula is C15H21N5O3. The highest BCUT2D eigenvalue weighted by Crippen LogP contribution is 2.25. The van der Waals surface area contributed by atoms with Gasteiger partial charge in [0.15, 0.2) is 0 Å². The molecule has 2 rings (SSSR count). The van der Waals surface area contributed by atoms with Crippen LogP contribution in [0.15, 0.2) is 6.07 Å². The second-order valence-corrected chi connectivity index (χ2v) is 5.49. The van der Waals surface area contributed by atoms with Crippen molar-refractivity contribution in [3.63, 3.8) is 0 Å². The first kappa shape index (κ1) is 16.7. The minimum atomic E-state index is -1.04. The number of nitrogens with zero attached hydrogens (tertiary/aromatic N) is 3. The summed E-state index contributed by atoms with van der Waals surface area (Å²) in [6.45, 7) is 5.66. The van der Waals surface area contributed by atoms with Crippen molar-refractivity contribution < 1.29 is 14.7 Å². The van der Waals surface area contributed by atoms with Gasteiger partial charge in [0.2, 0.25) is 0 Å². The van der Waals surface area contributed by atoms with Crippen molar-refractivity contribution >= 4 is 11.9 Å². The van der Waals surface area contributed by atoms with Gasteiger partial charge in [-0.2, -0.15) is 10.2 Å². The zero-order valence-electron chi connectivity index (χ0n) is 13.7. The molecule has 8 nitrogen and oxygen atoms in total. The molecule has 23 heavy (non-hydrogen) atoms. The molecule has 8 heteroatoms. The Bertz CT molecular complexity index is 732. The third kappa shape index (κ3) is 3.41. The van der Waals surface area contributed by atoms with Gasteiger partial charge in [0.05, 0.1) is 11.4 Å². The number of carbonyl (C=O) groups excluding carboxylic acids is 1. The van der Waals surface area contributed by atoms with Gasteiger partial charge in [0.1, 0.15) is 11.7 Å². The molecule has 0 aromatic carbocycles. The Morgan fingerprint density at radius 3 is 2.65 bits per heavy atom. The fourth-order valence-electron chi connectivity index (χ4n) is 2.49. The van der Waals surface area contributed by atoms with Crippen LogP contribution in [0, 0.1) is 13.8 Å². The quantitative estimate of drug-likeness (QED) is 0.745. The highest BCUT2D eigenvalue weighted by molar-refractivity contribution is 5.95. The Labute approximate surface area is 133 Å². The van der Waals surface area contributed by atoms with E-state index in [-0.39, 0.29) is 5.69 Å². The number of carbonyl (C=O) groups is 2. The van der Waals surface area contributed by atoms with E-state index in [1.165, 1.54) is 0 Å². The molecule has 0 aliphatic rings. The van der Waals surface area contributed by atoms with Crippen molar-refractivity contribution in [3.8, 4) is 11.3 Å². The molecule has 0 aliphatic heterocycles. The first-order chi connectivity index (χ1) is 10.8. The minimum absolute atomic E-state index is 0.227. The second-order valence-electron chi connectivity index (χ2n) is 5.49. The summed E-state index contributed by atoms with van der Waals surface area (Å²) in [4.78, 5) is 23.3. The fourth-order valence-corrected chi connectivity index (χ4v) is 2.49. The zero-order valence-corrected chi connectivity index (χ0v) is 13.7. The van der Waals surface area contributed by atoms with Crippen LogP contribution in [0.1, 0.15) is 41.6 Å². The van der Waals surface area contributed by atoms with E-state index in [9.17, 15) is 9.59 Å². The molecule has 0 aliphatic carbocycles. The maximum Gasteiger partial charge on any atom is 0.326 e. The Hall–Kier alpha value is -2.64. The van der Waals surface area contributed by atoms with Gasteiger partial charge in [-0.15, -0.1) is 0 Å². The van der Waals surface area contributed by atoms with Crippen LogP contribution < -0.4 is 5.32 Å². The van der Waals surface area contributed by atoms with Crippen LogP contribution in [0.25, 0.3) is 11.3 Å². The molecule has 0 saturated carbocycles. The molecule has 1 atom stereocenters. The molecule has 1 amide bonds. The minimum Gasteiger partial charge on any atom is -0.480 e. The number of carboxylic acids is 1. The lowest BCUT2D eigenvalue weighted by Crippen LogP contribution is -2.40. The van der Waals surface area contributed by atoms with E-state index in [0.717, 1.165) is 17.0 Å². The van der Waals surface area contributed by atoms with E-state index in [1.54, 1.807) is 10.7 Å². The van der Waals surface area contributed by atoms with Crippen molar-refractivity contribution in [2.24, 2.45) is 7.05 Å². The van der Waals surface area contributed by atoms with E-state index >= 15 is 0 Å². The summed E-state index contributed by atoms with van der Waals surface area (Å²) in [5.74, 6) is -1.53. The van der Waals surface area contributed by atoms with Gasteiger partial charge in [0, 0.05) is 18.3 Å². The Morgan fingerprint density at radius 1 is 1.43 bits per heavy atom. The van der Waals surface area contributed by atoms with Crippen LogP contribution >= 0.6 is 0 Å². The summed E-state index contributed by atoms with van der Waals surface area (Å²) in [6, 6.07) is 0.707. The second kappa shape index (κ2) is 6.64. The predicted octanol–water partition coefficient (Wildman–Crippen LogP) is 1.41. The smallest absolute Gasteiger partial charge is 0.326 e. The lowest BCUT2D eigenvalue weighted by atomic mass is 10.1. The molecule has 3 N–H and O–H groups in total. The summed E-state index contributed by atoms with van der Waals surface area (Å²) in [7, 11) is 1.84. The first-order valence-electron chi connectivity index (χ1n) is 7.44. The summed E-state index contributed by atoms with van der Waals surface area (Å²) in [6.07, 6.45) is 1.04. The Balaban J connectivity index is 2.21. The van der Waals surface area contributed by atoms with Gasteiger partial charge < -0.3 is 10.4 Å². The van der Waals surface area contributed by atoms with E-state index in [1.807, 2.05) is 27.8 Å². The highest BCUT2D eigenvalue weighted by atomic mass is 16.4. The average Bonchev–Trinajstić information content (AvgIpc) is 3.04. The van der Waals surface area contributed by atoms with Crippen molar-refractivity contribution in [1.29, 1.82) is 0 Å². The summed E-state index contributed by atoms with van der Waals surface area (Å²) < 4.78 is 1.75. The molecule has 0 radical (unpaired) electrons. The lowest BCUT2D eigenvalue weighted by Gasteiger charge is -2.12. The van der Waals surface area contributed by atoms with E-state index in [4.69, 9.17) is 5.11 Å². The number of nitrogens with one attached hydrogen (secondary N) is 2. The zero-order chi connectivity index (χ0) is 17.1. The number of hydrogen-bond donors (Lipinski definition) is 3. The molecule has 0 bridgehead atoms. The largest absolute Gasteiger partial charge is 0.480 e. The predicted molar refractivity (Wildman–Crippen MR) is 84.1 cm³/mol. The van der Waals surface area contributed by atoms with Gasteiger partial charge in [-0.3, -0.25) is 14.6 Å². The van der Waals surface area contributed by atoms with E-state index < -0.39 is 17.9 Å². The number of amides is 1.